The van der Waals surface area contributed by atoms with Gasteiger partial charge in [0.25, 0.3) is 0 Å². The van der Waals surface area contributed by atoms with E-state index in [1.54, 1.807) is 0 Å². The molecule has 2 aliphatic heterocycles. The van der Waals surface area contributed by atoms with E-state index in [9.17, 15) is 0 Å². The standard InChI is InChI=1S/C24H44O4/c1-5-9-11-21(7-3)17-25-23(26-18-21)13-15-24(16-14-23)27-19-22(8-4,20-28-24)12-10-6-2/h5-20H2,1-4H3. The SMILES string of the molecule is CCCCC1(CC)COC2(CCC3(CC2)OCC(CC)(CCCC)CO3)OC1. The Hall–Kier alpha value is -0.160. The Kier molecular flexibility index (Phi) is 7.50. The molecule has 0 aromatic rings. The fraction of sp³-hybridized carbons (Fsp3) is 1.00. The maximum atomic E-state index is 6.43. The van der Waals surface area contributed by atoms with E-state index >= 15 is 0 Å². The highest BCUT2D eigenvalue weighted by atomic mass is 16.7. The molecule has 2 saturated heterocycles. The van der Waals surface area contributed by atoms with Crippen molar-refractivity contribution in [1.29, 1.82) is 0 Å². The minimum atomic E-state index is -0.398. The number of hydrogen-bond acceptors (Lipinski definition) is 4. The molecule has 1 saturated carbocycles. The molecule has 0 unspecified atom stereocenters. The highest BCUT2D eigenvalue weighted by Gasteiger charge is 2.52. The average Bonchev–Trinajstić information content (AvgIpc) is 2.76. The fourth-order valence-corrected chi connectivity index (χ4v) is 5.05. The van der Waals surface area contributed by atoms with Crippen LogP contribution in [-0.2, 0) is 18.9 Å². The largest absolute Gasteiger partial charge is 0.349 e. The smallest absolute Gasteiger partial charge is 0.168 e. The van der Waals surface area contributed by atoms with E-state index in [-0.39, 0.29) is 10.8 Å². The van der Waals surface area contributed by atoms with Gasteiger partial charge in [0, 0.05) is 36.5 Å². The molecule has 0 radical (unpaired) electrons. The molecule has 2 spiro atoms. The second-order valence-electron chi connectivity index (χ2n) is 9.89. The first kappa shape index (κ1) is 22.5. The van der Waals surface area contributed by atoms with E-state index in [0.717, 1.165) is 65.0 Å². The normalized spacial score (nSPS) is 41.6. The van der Waals surface area contributed by atoms with Gasteiger partial charge in [-0.2, -0.15) is 0 Å². The average molecular weight is 397 g/mol. The Morgan fingerprint density at radius 3 is 1.11 bits per heavy atom. The van der Waals surface area contributed by atoms with Crippen LogP contribution >= 0.6 is 0 Å². The summed E-state index contributed by atoms with van der Waals surface area (Å²) in [7, 11) is 0. The van der Waals surface area contributed by atoms with Crippen molar-refractivity contribution in [1.82, 2.24) is 0 Å². The maximum Gasteiger partial charge on any atom is 0.168 e. The summed E-state index contributed by atoms with van der Waals surface area (Å²) >= 11 is 0. The van der Waals surface area contributed by atoms with Crippen molar-refractivity contribution in [3.05, 3.63) is 0 Å². The zero-order chi connectivity index (χ0) is 20.1. The highest BCUT2D eigenvalue weighted by molar-refractivity contribution is 4.94. The molecule has 1 aliphatic carbocycles. The molecule has 0 atom stereocenters. The van der Waals surface area contributed by atoms with Crippen LogP contribution in [0.3, 0.4) is 0 Å². The molecular weight excluding hydrogens is 352 g/mol. The predicted molar refractivity (Wildman–Crippen MR) is 112 cm³/mol. The number of ether oxygens (including phenoxy) is 4. The van der Waals surface area contributed by atoms with Gasteiger partial charge in [-0.15, -0.1) is 0 Å². The first-order valence-corrected chi connectivity index (χ1v) is 12.0. The zero-order valence-electron chi connectivity index (χ0n) is 18.9. The molecule has 0 amide bonds. The van der Waals surface area contributed by atoms with Gasteiger partial charge in [-0.25, -0.2) is 0 Å². The van der Waals surface area contributed by atoms with Crippen LogP contribution in [0.1, 0.15) is 105 Å². The molecule has 3 fully saturated rings. The van der Waals surface area contributed by atoms with Crippen LogP contribution in [0.25, 0.3) is 0 Å². The summed E-state index contributed by atoms with van der Waals surface area (Å²) in [5.74, 6) is -0.797. The van der Waals surface area contributed by atoms with Gasteiger partial charge in [0.15, 0.2) is 11.6 Å². The Morgan fingerprint density at radius 2 is 0.857 bits per heavy atom. The number of unbranched alkanes of at least 4 members (excludes halogenated alkanes) is 2. The second-order valence-corrected chi connectivity index (χ2v) is 9.89. The van der Waals surface area contributed by atoms with Crippen LogP contribution < -0.4 is 0 Å². The highest BCUT2D eigenvalue weighted by Crippen LogP contribution is 2.49. The molecule has 4 heteroatoms. The van der Waals surface area contributed by atoms with E-state index in [4.69, 9.17) is 18.9 Å². The Balaban J connectivity index is 1.51. The van der Waals surface area contributed by atoms with Crippen LogP contribution in [0.4, 0.5) is 0 Å². The summed E-state index contributed by atoms with van der Waals surface area (Å²) < 4.78 is 25.7. The van der Waals surface area contributed by atoms with Crippen molar-refractivity contribution in [3.63, 3.8) is 0 Å². The molecule has 3 aliphatic rings. The van der Waals surface area contributed by atoms with Crippen LogP contribution in [0.2, 0.25) is 0 Å². The molecule has 2 heterocycles. The monoisotopic (exact) mass is 396 g/mol. The van der Waals surface area contributed by atoms with Crippen molar-refractivity contribution >= 4 is 0 Å². The van der Waals surface area contributed by atoms with E-state index in [1.165, 1.54) is 38.5 Å². The van der Waals surface area contributed by atoms with Crippen molar-refractivity contribution < 1.29 is 18.9 Å². The molecule has 4 nitrogen and oxygen atoms in total. The van der Waals surface area contributed by atoms with Crippen LogP contribution in [0, 0.1) is 10.8 Å². The molecular formula is C24H44O4. The third-order valence-electron chi connectivity index (χ3n) is 7.96. The summed E-state index contributed by atoms with van der Waals surface area (Å²) in [6, 6.07) is 0. The van der Waals surface area contributed by atoms with E-state index < -0.39 is 11.6 Å². The van der Waals surface area contributed by atoms with Gasteiger partial charge in [0.1, 0.15) is 0 Å². The lowest BCUT2D eigenvalue weighted by molar-refractivity contribution is -0.368. The van der Waals surface area contributed by atoms with Gasteiger partial charge in [-0.1, -0.05) is 53.4 Å². The third kappa shape index (κ3) is 4.77. The number of rotatable bonds is 8. The molecule has 3 rings (SSSR count). The predicted octanol–water partition coefficient (Wildman–Crippen LogP) is 6.22. The summed E-state index contributed by atoms with van der Waals surface area (Å²) in [5.41, 5.74) is 0.433. The van der Waals surface area contributed by atoms with Crippen molar-refractivity contribution in [2.45, 2.75) is 116 Å². The summed E-state index contributed by atoms with van der Waals surface area (Å²) in [6.07, 6.45) is 13.2. The summed E-state index contributed by atoms with van der Waals surface area (Å²) in [6.45, 7) is 12.4. The molecule has 0 aromatic heterocycles. The lowest BCUT2D eigenvalue weighted by atomic mass is 9.78. The fourth-order valence-electron chi connectivity index (χ4n) is 5.05. The third-order valence-corrected chi connectivity index (χ3v) is 7.96. The maximum absolute atomic E-state index is 6.43. The molecule has 0 bridgehead atoms. The van der Waals surface area contributed by atoms with E-state index in [0.29, 0.717) is 0 Å². The van der Waals surface area contributed by atoms with E-state index in [1.807, 2.05) is 0 Å². The van der Waals surface area contributed by atoms with E-state index in [2.05, 4.69) is 27.7 Å². The van der Waals surface area contributed by atoms with Crippen molar-refractivity contribution in [2.75, 3.05) is 26.4 Å². The second kappa shape index (κ2) is 9.32. The van der Waals surface area contributed by atoms with Crippen LogP contribution in [0.15, 0.2) is 0 Å². The molecule has 28 heavy (non-hydrogen) atoms. The van der Waals surface area contributed by atoms with Crippen molar-refractivity contribution in [3.8, 4) is 0 Å². The van der Waals surface area contributed by atoms with Gasteiger partial charge in [-0.3, -0.25) is 0 Å². The quantitative estimate of drug-likeness (QED) is 0.488. The van der Waals surface area contributed by atoms with Gasteiger partial charge < -0.3 is 18.9 Å². The summed E-state index contributed by atoms with van der Waals surface area (Å²) in [4.78, 5) is 0. The Bertz CT molecular complexity index is 417. The zero-order valence-corrected chi connectivity index (χ0v) is 18.9. The van der Waals surface area contributed by atoms with Gasteiger partial charge in [0.05, 0.1) is 26.4 Å². The number of hydrogen-bond donors (Lipinski definition) is 0. The van der Waals surface area contributed by atoms with Gasteiger partial charge in [-0.05, 0) is 25.7 Å². The lowest BCUT2D eigenvalue weighted by Gasteiger charge is -2.53. The van der Waals surface area contributed by atoms with Gasteiger partial charge >= 0.3 is 0 Å². The molecule has 164 valence electrons. The first-order chi connectivity index (χ1) is 13.5. The van der Waals surface area contributed by atoms with Gasteiger partial charge in [0.2, 0.25) is 0 Å². The Labute approximate surface area is 173 Å². The first-order valence-electron chi connectivity index (χ1n) is 12.0. The summed E-state index contributed by atoms with van der Waals surface area (Å²) in [5, 5.41) is 0. The Morgan fingerprint density at radius 1 is 0.536 bits per heavy atom. The minimum Gasteiger partial charge on any atom is -0.349 e. The van der Waals surface area contributed by atoms with Crippen molar-refractivity contribution in [2.24, 2.45) is 10.8 Å². The van der Waals surface area contributed by atoms with Crippen LogP contribution in [0.5, 0.6) is 0 Å². The van der Waals surface area contributed by atoms with Crippen LogP contribution in [-0.4, -0.2) is 38.0 Å². The topological polar surface area (TPSA) is 36.9 Å². The molecule has 0 aromatic carbocycles. The molecule has 0 N–H and O–H groups in total. The lowest BCUT2D eigenvalue weighted by Crippen LogP contribution is -2.57. The minimum absolute atomic E-state index is 0.217.